The van der Waals surface area contributed by atoms with E-state index >= 15 is 0 Å². The van der Waals surface area contributed by atoms with Gasteiger partial charge in [0.1, 0.15) is 12.4 Å². The van der Waals surface area contributed by atoms with Gasteiger partial charge in [0.25, 0.3) is 0 Å². The van der Waals surface area contributed by atoms with Gasteiger partial charge in [-0.05, 0) is 31.2 Å². The normalized spacial score (nSPS) is 17.0. The maximum atomic E-state index is 10.7. The Morgan fingerprint density at radius 2 is 2.00 bits per heavy atom. The molecule has 2 N–H and O–H groups in total. The average molecular weight is 264 g/mol. The summed E-state index contributed by atoms with van der Waals surface area (Å²) in [7, 11) is 0. The van der Waals surface area contributed by atoms with Crippen molar-refractivity contribution in [2.45, 2.75) is 6.92 Å². The van der Waals surface area contributed by atoms with Crippen LogP contribution in [0, 0.1) is 5.92 Å². The third kappa shape index (κ3) is 3.86. The molecule has 0 bridgehead atoms. The van der Waals surface area contributed by atoms with Crippen LogP contribution in [0.4, 0.5) is 5.69 Å². The molecule has 1 aliphatic rings. The lowest BCUT2D eigenvalue weighted by Gasteiger charge is -2.29. The zero-order valence-electron chi connectivity index (χ0n) is 11.1. The molecule has 1 atom stereocenters. The largest absolute Gasteiger partial charge is 0.493 e. The van der Waals surface area contributed by atoms with E-state index in [1.54, 1.807) is 6.92 Å². The molecule has 2 rings (SSSR count). The molecule has 0 aromatic heterocycles. The molecule has 1 saturated heterocycles. The third-order valence-electron chi connectivity index (χ3n) is 3.24. The van der Waals surface area contributed by atoms with Crippen molar-refractivity contribution in [2.75, 3.05) is 37.7 Å². The van der Waals surface area contributed by atoms with E-state index in [1.807, 2.05) is 24.3 Å². The first kappa shape index (κ1) is 13.7. The van der Waals surface area contributed by atoms with Crippen LogP contribution >= 0.6 is 0 Å². The molecular weight excluding hydrogens is 244 g/mol. The monoisotopic (exact) mass is 264 g/mol. The molecule has 1 aliphatic heterocycles. The van der Waals surface area contributed by atoms with Gasteiger partial charge in [0.15, 0.2) is 0 Å². The summed E-state index contributed by atoms with van der Waals surface area (Å²) in [5, 5.41) is 12.1. The molecule has 0 spiro atoms. The summed E-state index contributed by atoms with van der Waals surface area (Å²) in [6.45, 7) is 5.87. The topological polar surface area (TPSA) is 61.8 Å². The van der Waals surface area contributed by atoms with Crippen LogP contribution in [0.15, 0.2) is 24.3 Å². The predicted octanol–water partition coefficient (Wildman–Crippen LogP) is 1.20. The number of hydrogen-bond acceptors (Lipinski definition) is 4. The van der Waals surface area contributed by atoms with Gasteiger partial charge in [-0.25, -0.2) is 0 Å². The van der Waals surface area contributed by atoms with Gasteiger partial charge in [0, 0.05) is 31.9 Å². The number of hydrogen-bond donors (Lipinski definition) is 2. The fraction of sp³-hybridized carbons (Fsp3) is 0.500. The fourth-order valence-electron chi connectivity index (χ4n) is 1.97. The number of carbonyl (C=O) groups is 1. The molecule has 0 amide bonds. The molecule has 1 aromatic carbocycles. The molecule has 5 heteroatoms. The second-order valence-corrected chi connectivity index (χ2v) is 4.78. The SMILES string of the molecule is CC(COc1ccc(N2CCNCC2)cc1)C(=O)O. The number of aliphatic carboxylic acids is 1. The summed E-state index contributed by atoms with van der Waals surface area (Å²) in [6.07, 6.45) is 0. The van der Waals surface area contributed by atoms with Gasteiger partial charge in [0.2, 0.25) is 0 Å². The van der Waals surface area contributed by atoms with Crippen molar-refractivity contribution in [3.8, 4) is 5.75 Å². The smallest absolute Gasteiger partial charge is 0.309 e. The first-order valence-electron chi connectivity index (χ1n) is 6.58. The van der Waals surface area contributed by atoms with Gasteiger partial charge in [0.05, 0.1) is 5.92 Å². The Balaban J connectivity index is 1.89. The van der Waals surface area contributed by atoms with Crippen molar-refractivity contribution < 1.29 is 14.6 Å². The summed E-state index contributed by atoms with van der Waals surface area (Å²) in [5.41, 5.74) is 1.18. The minimum absolute atomic E-state index is 0.197. The summed E-state index contributed by atoms with van der Waals surface area (Å²) >= 11 is 0. The van der Waals surface area contributed by atoms with Crippen LogP contribution in [-0.4, -0.2) is 43.9 Å². The van der Waals surface area contributed by atoms with E-state index in [1.165, 1.54) is 5.69 Å². The molecule has 1 aromatic rings. The average Bonchev–Trinajstić information content (AvgIpc) is 2.46. The Morgan fingerprint density at radius 1 is 1.37 bits per heavy atom. The van der Waals surface area contributed by atoms with Gasteiger partial charge in [-0.1, -0.05) is 0 Å². The van der Waals surface area contributed by atoms with E-state index in [0.717, 1.165) is 26.2 Å². The Kier molecular flexibility index (Phi) is 4.63. The first-order valence-corrected chi connectivity index (χ1v) is 6.58. The highest BCUT2D eigenvalue weighted by atomic mass is 16.5. The summed E-state index contributed by atoms with van der Waals surface area (Å²) in [6, 6.07) is 7.83. The summed E-state index contributed by atoms with van der Waals surface area (Å²) in [4.78, 5) is 13.0. The Morgan fingerprint density at radius 3 is 2.58 bits per heavy atom. The van der Waals surface area contributed by atoms with Crippen molar-refractivity contribution in [1.29, 1.82) is 0 Å². The quantitative estimate of drug-likeness (QED) is 0.836. The number of nitrogens with zero attached hydrogens (tertiary/aromatic N) is 1. The molecule has 0 radical (unpaired) electrons. The zero-order valence-corrected chi connectivity index (χ0v) is 11.1. The van der Waals surface area contributed by atoms with Gasteiger partial charge >= 0.3 is 5.97 Å². The predicted molar refractivity (Wildman–Crippen MR) is 73.8 cm³/mol. The Bertz CT molecular complexity index is 413. The molecule has 0 aliphatic carbocycles. The van der Waals surface area contributed by atoms with E-state index in [-0.39, 0.29) is 6.61 Å². The van der Waals surface area contributed by atoms with Crippen LogP contribution in [0.1, 0.15) is 6.92 Å². The molecule has 1 unspecified atom stereocenters. The second kappa shape index (κ2) is 6.43. The van der Waals surface area contributed by atoms with Crippen molar-refractivity contribution in [3.05, 3.63) is 24.3 Å². The van der Waals surface area contributed by atoms with Crippen molar-refractivity contribution in [1.82, 2.24) is 5.32 Å². The van der Waals surface area contributed by atoms with Crippen LogP contribution in [0.5, 0.6) is 5.75 Å². The van der Waals surface area contributed by atoms with E-state index in [4.69, 9.17) is 9.84 Å². The van der Waals surface area contributed by atoms with Gasteiger partial charge in [-0.3, -0.25) is 4.79 Å². The number of anilines is 1. The van der Waals surface area contributed by atoms with E-state index < -0.39 is 11.9 Å². The lowest BCUT2D eigenvalue weighted by molar-refractivity contribution is -0.142. The highest BCUT2D eigenvalue weighted by Gasteiger charge is 2.12. The lowest BCUT2D eigenvalue weighted by Crippen LogP contribution is -2.43. The van der Waals surface area contributed by atoms with Crippen LogP contribution in [0.3, 0.4) is 0 Å². The molecule has 1 heterocycles. The van der Waals surface area contributed by atoms with Gasteiger partial charge in [-0.2, -0.15) is 0 Å². The van der Waals surface area contributed by atoms with Crippen molar-refractivity contribution in [2.24, 2.45) is 5.92 Å². The van der Waals surface area contributed by atoms with Crippen LogP contribution in [0.25, 0.3) is 0 Å². The number of carboxylic acid groups (broad SMARTS) is 1. The Labute approximate surface area is 113 Å². The molecule has 5 nitrogen and oxygen atoms in total. The minimum atomic E-state index is -0.836. The number of piperazine rings is 1. The highest BCUT2D eigenvalue weighted by Crippen LogP contribution is 2.20. The molecule has 19 heavy (non-hydrogen) atoms. The standard InChI is InChI=1S/C14H20N2O3/c1-11(14(17)18)10-19-13-4-2-12(3-5-13)16-8-6-15-7-9-16/h2-5,11,15H,6-10H2,1H3,(H,17,18). The van der Waals surface area contributed by atoms with E-state index in [9.17, 15) is 4.79 Å². The number of nitrogens with one attached hydrogen (secondary N) is 1. The van der Waals surface area contributed by atoms with Crippen molar-refractivity contribution >= 4 is 11.7 Å². The molecule has 104 valence electrons. The number of carboxylic acids is 1. The van der Waals surface area contributed by atoms with Crippen LogP contribution in [-0.2, 0) is 4.79 Å². The van der Waals surface area contributed by atoms with Crippen LogP contribution < -0.4 is 15.0 Å². The second-order valence-electron chi connectivity index (χ2n) is 4.78. The van der Waals surface area contributed by atoms with E-state index in [0.29, 0.717) is 5.75 Å². The highest BCUT2D eigenvalue weighted by molar-refractivity contribution is 5.69. The Hall–Kier alpha value is -1.75. The molecule has 0 saturated carbocycles. The van der Waals surface area contributed by atoms with E-state index in [2.05, 4.69) is 10.2 Å². The zero-order chi connectivity index (χ0) is 13.7. The van der Waals surface area contributed by atoms with Gasteiger partial charge < -0.3 is 20.1 Å². The first-order chi connectivity index (χ1) is 9.16. The molecular formula is C14H20N2O3. The summed E-state index contributed by atoms with van der Waals surface area (Å²) < 4.78 is 5.46. The minimum Gasteiger partial charge on any atom is -0.493 e. The van der Waals surface area contributed by atoms with Gasteiger partial charge in [-0.15, -0.1) is 0 Å². The fourth-order valence-corrected chi connectivity index (χ4v) is 1.97. The summed E-state index contributed by atoms with van der Waals surface area (Å²) in [5.74, 6) is -0.614. The third-order valence-corrected chi connectivity index (χ3v) is 3.24. The van der Waals surface area contributed by atoms with Crippen molar-refractivity contribution in [3.63, 3.8) is 0 Å². The maximum Gasteiger partial charge on any atom is 0.309 e. The number of benzene rings is 1. The maximum absolute atomic E-state index is 10.7. The number of rotatable bonds is 5. The number of ether oxygens (including phenoxy) is 1. The molecule has 1 fully saturated rings. The van der Waals surface area contributed by atoms with Crippen LogP contribution in [0.2, 0.25) is 0 Å². The lowest BCUT2D eigenvalue weighted by atomic mass is 10.2.